The predicted molar refractivity (Wildman–Crippen MR) is 103 cm³/mol. The summed E-state index contributed by atoms with van der Waals surface area (Å²) in [5, 5.41) is 12.6. The Morgan fingerprint density at radius 2 is 1.89 bits per heavy atom. The Bertz CT molecular complexity index is 1070. The number of carbonyl (C=O) groups excluding carboxylic acids is 2. The number of carbonyl (C=O) groups is 2. The third kappa shape index (κ3) is 3.40. The third-order valence-corrected chi connectivity index (χ3v) is 4.77. The van der Waals surface area contributed by atoms with Crippen molar-refractivity contribution in [3.05, 3.63) is 65.9 Å². The number of ether oxygens (including phenoxy) is 1. The molecule has 28 heavy (non-hydrogen) atoms. The highest BCUT2D eigenvalue weighted by atomic mass is 16.5. The maximum absolute atomic E-state index is 12.6. The van der Waals surface area contributed by atoms with Crippen molar-refractivity contribution >= 4 is 22.8 Å². The van der Waals surface area contributed by atoms with Gasteiger partial charge in [0.15, 0.2) is 0 Å². The Balaban J connectivity index is 1.36. The van der Waals surface area contributed by atoms with Crippen molar-refractivity contribution in [2.45, 2.75) is 12.5 Å². The zero-order valence-corrected chi connectivity index (χ0v) is 15.0. The molecule has 2 aromatic carbocycles. The second-order valence-electron chi connectivity index (χ2n) is 6.54. The first-order chi connectivity index (χ1) is 13.7. The van der Waals surface area contributed by atoms with Gasteiger partial charge in [-0.05, 0) is 35.9 Å². The van der Waals surface area contributed by atoms with Crippen LogP contribution in [0.15, 0.2) is 54.7 Å². The molecular formula is C21H18N4O3. The van der Waals surface area contributed by atoms with Crippen LogP contribution in [0.25, 0.3) is 10.9 Å². The van der Waals surface area contributed by atoms with E-state index in [0.29, 0.717) is 17.7 Å². The first kappa shape index (κ1) is 17.6. The number of hydrogen-bond donors (Lipinski definition) is 2. The summed E-state index contributed by atoms with van der Waals surface area (Å²) in [7, 11) is 0. The van der Waals surface area contributed by atoms with E-state index in [1.807, 2.05) is 36.5 Å². The summed E-state index contributed by atoms with van der Waals surface area (Å²) < 4.78 is 5.57. The highest BCUT2D eigenvalue weighted by molar-refractivity contribution is 6.04. The summed E-state index contributed by atoms with van der Waals surface area (Å²) in [5.41, 5.74) is 2.54. The number of nitrogens with zero attached hydrogens (tertiary/aromatic N) is 2. The molecule has 7 nitrogen and oxygen atoms in total. The minimum Gasteiger partial charge on any atom is -0.492 e. The van der Waals surface area contributed by atoms with Crippen molar-refractivity contribution in [3.63, 3.8) is 0 Å². The minimum absolute atomic E-state index is 0.162. The van der Waals surface area contributed by atoms with Crippen molar-refractivity contribution in [2.24, 2.45) is 0 Å². The van der Waals surface area contributed by atoms with Gasteiger partial charge in [-0.15, -0.1) is 0 Å². The van der Waals surface area contributed by atoms with E-state index >= 15 is 0 Å². The van der Waals surface area contributed by atoms with Crippen molar-refractivity contribution in [1.29, 1.82) is 5.26 Å². The van der Waals surface area contributed by atoms with Crippen LogP contribution in [-0.4, -0.2) is 41.0 Å². The molecule has 1 unspecified atom stereocenters. The number of amides is 3. The molecule has 2 N–H and O–H groups in total. The minimum atomic E-state index is -0.582. The maximum atomic E-state index is 12.6. The van der Waals surface area contributed by atoms with Crippen LogP contribution in [0.1, 0.15) is 11.1 Å². The molecule has 7 heteroatoms. The Kier molecular flexibility index (Phi) is 4.68. The molecule has 0 aliphatic carbocycles. The first-order valence-corrected chi connectivity index (χ1v) is 8.95. The van der Waals surface area contributed by atoms with Gasteiger partial charge in [0, 0.05) is 23.5 Å². The number of H-pyrrole nitrogens is 1. The number of aromatic amines is 1. The lowest BCUT2D eigenvalue weighted by Gasteiger charge is -2.13. The van der Waals surface area contributed by atoms with E-state index in [0.717, 1.165) is 16.5 Å². The Labute approximate surface area is 161 Å². The van der Waals surface area contributed by atoms with Gasteiger partial charge in [0.05, 0.1) is 18.2 Å². The molecule has 1 saturated heterocycles. The molecule has 3 amide bonds. The molecule has 1 aromatic heterocycles. The summed E-state index contributed by atoms with van der Waals surface area (Å²) in [4.78, 5) is 29.2. The number of nitriles is 1. The number of rotatable bonds is 6. The molecule has 1 fully saturated rings. The first-order valence-electron chi connectivity index (χ1n) is 8.95. The topological polar surface area (TPSA) is 98.2 Å². The van der Waals surface area contributed by atoms with Gasteiger partial charge in [-0.3, -0.25) is 9.69 Å². The number of aromatic nitrogens is 1. The molecule has 1 aliphatic rings. The SMILES string of the molecule is N#Cc1ccc(OCCN2C(=O)NC(Cc3c[nH]c4ccccc34)C2=O)cc1. The van der Waals surface area contributed by atoms with Crippen LogP contribution < -0.4 is 10.1 Å². The monoisotopic (exact) mass is 374 g/mol. The van der Waals surface area contributed by atoms with Gasteiger partial charge in [0.1, 0.15) is 18.4 Å². The lowest BCUT2D eigenvalue weighted by Crippen LogP contribution is -2.35. The molecule has 1 aliphatic heterocycles. The number of para-hydroxylation sites is 1. The van der Waals surface area contributed by atoms with Crippen molar-refractivity contribution in [2.75, 3.05) is 13.2 Å². The molecule has 0 spiro atoms. The summed E-state index contributed by atoms with van der Waals surface area (Å²) in [6.07, 6.45) is 2.31. The molecule has 0 saturated carbocycles. The largest absolute Gasteiger partial charge is 0.492 e. The third-order valence-electron chi connectivity index (χ3n) is 4.77. The second-order valence-corrected chi connectivity index (χ2v) is 6.54. The van der Waals surface area contributed by atoms with Crippen LogP contribution in [0, 0.1) is 11.3 Å². The van der Waals surface area contributed by atoms with Crippen molar-refractivity contribution < 1.29 is 14.3 Å². The Morgan fingerprint density at radius 1 is 1.11 bits per heavy atom. The Morgan fingerprint density at radius 3 is 2.68 bits per heavy atom. The number of fused-ring (bicyclic) bond motifs is 1. The van der Waals surface area contributed by atoms with Gasteiger partial charge in [0.25, 0.3) is 5.91 Å². The summed E-state index contributed by atoms with van der Waals surface area (Å²) in [5.74, 6) is 0.333. The van der Waals surface area contributed by atoms with E-state index in [1.54, 1.807) is 24.3 Å². The summed E-state index contributed by atoms with van der Waals surface area (Å²) >= 11 is 0. The fraction of sp³-hybridized carbons (Fsp3) is 0.190. The smallest absolute Gasteiger partial charge is 0.324 e. The molecule has 2 heterocycles. The van der Waals surface area contributed by atoms with E-state index in [1.165, 1.54) is 4.90 Å². The zero-order chi connectivity index (χ0) is 19.5. The highest BCUT2D eigenvalue weighted by Gasteiger charge is 2.37. The highest BCUT2D eigenvalue weighted by Crippen LogP contribution is 2.21. The lowest BCUT2D eigenvalue weighted by molar-refractivity contribution is -0.127. The normalized spacial score (nSPS) is 16.2. The van der Waals surface area contributed by atoms with Crippen LogP contribution in [0.5, 0.6) is 5.75 Å². The quantitative estimate of drug-likeness (QED) is 0.648. The zero-order valence-electron chi connectivity index (χ0n) is 15.0. The van der Waals surface area contributed by atoms with Crippen LogP contribution in [0.2, 0.25) is 0 Å². The molecule has 0 radical (unpaired) electrons. The van der Waals surface area contributed by atoms with Crippen LogP contribution >= 0.6 is 0 Å². The molecule has 1 atom stereocenters. The van der Waals surface area contributed by atoms with E-state index in [4.69, 9.17) is 10.00 Å². The average molecular weight is 374 g/mol. The van der Waals surface area contributed by atoms with Crippen LogP contribution in [0.3, 0.4) is 0 Å². The van der Waals surface area contributed by atoms with Crippen LogP contribution in [-0.2, 0) is 11.2 Å². The average Bonchev–Trinajstić information content (AvgIpc) is 3.24. The standard InChI is InChI=1S/C21H18N4O3/c22-12-14-5-7-16(8-6-14)28-10-9-25-20(26)19(24-21(25)27)11-15-13-23-18-4-2-1-3-17(15)18/h1-8,13,19,23H,9-11H2,(H,24,27). The number of hydrogen-bond acceptors (Lipinski definition) is 4. The van der Waals surface area contributed by atoms with E-state index < -0.39 is 12.1 Å². The van der Waals surface area contributed by atoms with Crippen molar-refractivity contribution in [3.8, 4) is 11.8 Å². The Hall–Kier alpha value is -3.79. The van der Waals surface area contributed by atoms with Gasteiger partial charge >= 0.3 is 6.03 Å². The lowest BCUT2D eigenvalue weighted by atomic mass is 10.1. The number of urea groups is 1. The summed E-state index contributed by atoms with van der Waals surface area (Å²) in [6.45, 7) is 0.347. The molecule has 3 aromatic rings. The van der Waals surface area contributed by atoms with E-state index in [2.05, 4.69) is 10.3 Å². The number of benzene rings is 2. The van der Waals surface area contributed by atoms with Gasteiger partial charge in [-0.2, -0.15) is 5.26 Å². The fourth-order valence-corrected chi connectivity index (χ4v) is 3.33. The van der Waals surface area contributed by atoms with Gasteiger partial charge in [-0.25, -0.2) is 4.79 Å². The number of nitrogens with one attached hydrogen (secondary N) is 2. The van der Waals surface area contributed by atoms with Gasteiger partial charge in [0.2, 0.25) is 0 Å². The van der Waals surface area contributed by atoms with Crippen molar-refractivity contribution in [1.82, 2.24) is 15.2 Å². The van der Waals surface area contributed by atoms with Gasteiger partial charge in [-0.1, -0.05) is 18.2 Å². The maximum Gasteiger partial charge on any atom is 0.324 e. The molecular weight excluding hydrogens is 356 g/mol. The molecule has 4 rings (SSSR count). The van der Waals surface area contributed by atoms with Gasteiger partial charge < -0.3 is 15.0 Å². The second kappa shape index (κ2) is 7.45. The van der Waals surface area contributed by atoms with Crippen LogP contribution in [0.4, 0.5) is 4.79 Å². The molecule has 0 bridgehead atoms. The predicted octanol–water partition coefficient (Wildman–Crippen LogP) is 2.58. The summed E-state index contributed by atoms with van der Waals surface area (Å²) in [6, 6.07) is 15.6. The fourth-order valence-electron chi connectivity index (χ4n) is 3.33. The molecule has 140 valence electrons. The van der Waals surface area contributed by atoms with E-state index in [-0.39, 0.29) is 19.1 Å². The number of imide groups is 1. The van der Waals surface area contributed by atoms with E-state index in [9.17, 15) is 9.59 Å².